The third-order valence-corrected chi connectivity index (χ3v) is 13.0. The summed E-state index contributed by atoms with van der Waals surface area (Å²) in [6.07, 6.45) is 0.534. The van der Waals surface area contributed by atoms with Crippen LogP contribution in [0.1, 0.15) is 11.5 Å². The van der Waals surface area contributed by atoms with Gasteiger partial charge in [-0.25, -0.2) is 0 Å². The Hall–Kier alpha value is -3.00. The van der Waals surface area contributed by atoms with Crippen molar-refractivity contribution >= 4 is 38.8 Å². The van der Waals surface area contributed by atoms with Crippen LogP contribution >= 0.6 is 17.2 Å². The zero-order chi connectivity index (χ0) is 21.3. The Balaban J connectivity index is 1.84. The molecular formula is C26H23ClN3P. The molecule has 0 aliphatic carbocycles. The normalized spacial score (nSPS) is 13.0. The summed E-state index contributed by atoms with van der Waals surface area (Å²) in [4.78, 5) is 4.88. The van der Waals surface area contributed by atoms with E-state index in [1.54, 1.807) is 0 Å². The molecule has 0 bridgehead atoms. The number of hydrogen-bond donors (Lipinski definition) is 0. The molecule has 0 N–H and O–H groups in total. The molecule has 0 amide bonds. The van der Waals surface area contributed by atoms with Gasteiger partial charge in [-0.1, -0.05) is 0 Å². The summed E-state index contributed by atoms with van der Waals surface area (Å²) < 4.78 is 1.90. The first-order valence-electron chi connectivity index (χ1n) is 10.3. The van der Waals surface area contributed by atoms with E-state index >= 15 is 0 Å². The van der Waals surface area contributed by atoms with Crippen LogP contribution in [0.3, 0.4) is 0 Å². The SMILES string of the molecule is Cc1cccc2nc(CP(Cl)(c3ccccc3)(c3ccccc3)c3ccccc3)nn12. The van der Waals surface area contributed by atoms with Gasteiger partial charge < -0.3 is 0 Å². The molecule has 0 aliphatic rings. The fourth-order valence-electron chi connectivity index (χ4n) is 4.35. The Morgan fingerprint density at radius 3 is 1.61 bits per heavy atom. The standard InChI is InChI=1S/C26H23ClN3P/c1-21-12-11-19-26-28-25(29-30(21)26)20-31(27,22-13-5-2-6-14-22,23-15-7-3-8-16-23)24-17-9-4-10-18-24/h2-19H,20H2,1H3. The average molecular weight is 444 g/mol. The summed E-state index contributed by atoms with van der Waals surface area (Å²) in [6.45, 7) is 2.04. The van der Waals surface area contributed by atoms with Crippen LogP contribution in [0, 0.1) is 6.92 Å². The van der Waals surface area contributed by atoms with Crippen molar-refractivity contribution < 1.29 is 0 Å². The molecule has 3 nitrogen and oxygen atoms in total. The molecule has 0 spiro atoms. The first kappa shape index (κ1) is 19.9. The molecule has 2 heterocycles. The summed E-state index contributed by atoms with van der Waals surface area (Å²) in [7, 11) is 0. The molecule has 0 saturated carbocycles. The van der Waals surface area contributed by atoms with Crippen LogP contribution in [0.15, 0.2) is 109 Å². The Labute approximate surface area is 187 Å². The molecular weight excluding hydrogens is 421 g/mol. The number of nitrogens with zero attached hydrogens (tertiary/aromatic N) is 3. The first-order chi connectivity index (χ1) is 15.1. The first-order valence-corrected chi connectivity index (χ1v) is 13.6. The fourth-order valence-corrected chi connectivity index (χ4v) is 10.2. The second kappa shape index (κ2) is 7.60. The molecule has 3 aromatic carbocycles. The average Bonchev–Trinajstić information content (AvgIpc) is 3.24. The van der Waals surface area contributed by atoms with Crippen molar-refractivity contribution in [2.75, 3.05) is 0 Å². The summed E-state index contributed by atoms with van der Waals surface area (Å²) in [5.41, 5.74) is 1.89. The van der Waals surface area contributed by atoms with E-state index < -0.39 is 5.96 Å². The van der Waals surface area contributed by atoms with Crippen LogP contribution < -0.4 is 15.9 Å². The van der Waals surface area contributed by atoms with Gasteiger partial charge in [0.1, 0.15) is 0 Å². The Kier molecular flexibility index (Phi) is 4.89. The molecule has 5 aromatic rings. The molecule has 0 saturated heterocycles. The van der Waals surface area contributed by atoms with Gasteiger partial charge in [-0.15, -0.1) is 0 Å². The second-order valence-corrected chi connectivity index (χ2v) is 14.3. The predicted octanol–water partition coefficient (Wildman–Crippen LogP) is 5.22. The van der Waals surface area contributed by atoms with E-state index in [1.807, 2.05) is 47.8 Å². The van der Waals surface area contributed by atoms with Gasteiger partial charge >= 0.3 is 187 Å². The Morgan fingerprint density at radius 1 is 0.677 bits per heavy atom. The molecule has 0 fully saturated rings. The second-order valence-electron chi connectivity index (χ2n) is 7.81. The van der Waals surface area contributed by atoms with Gasteiger partial charge in [0.2, 0.25) is 0 Å². The number of halogens is 1. The van der Waals surface area contributed by atoms with Crippen LogP contribution in [0.2, 0.25) is 0 Å². The van der Waals surface area contributed by atoms with Gasteiger partial charge in [0.05, 0.1) is 0 Å². The van der Waals surface area contributed by atoms with Crippen LogP contribution in [-0.2, 0) is 6.16 Å². The quantitative estimate of drug-likeness (QED) is 0.348. The van der Waals surface area contributed by atoms with Crippen molar-refractivity contribution in [3.05, 3.63) is 121 Å². The number of aryl methyl sites for hydroxylation is 1. The summed E-state index contributed by atoms with van der Waals surface area (Å²) >= 11 is 8.12. The summed E-state index contributed by atoms with van der Waals surface area (Å²) in [6, 6.07) is 37.4. The number of fused-ring (bicyclic) bond motifs is 1. The van der Waals surface area contributed by atoms with Crippen molar-refractivity contribution in [1.29, 1.82) is 0 Å². The number of aromatic nitrogens is 3. The molecule has 2 aromatic heterocycles. The third-order valence-electron chi connectivity index (χ3n) is 5.91. The maximum absolute atomic E-state index is 8.12. The van der Waals surface area contributed by atoms with E-state index in [4.69, 9.17) is 21.3 Å². The predicted molar refractivity (Wildman–Crippen MR) is 132 cm³/mol. The molecule has 5 rings (SSSR count). The molecule has 5 heteroatoms. The summed E-state index contributed by atoms with van der Waals surface area (Å²) in [5, 5.41) is 8.21. The van der Waals surface area contributed by atoms with Crippen molar-refractivity contribution in [1.82, 2.24) is 14.6 Å². The number of benzene rings is 3. The van der Waals surface area contributed by atoms with Crippen molar-refractivity contribution in [2.24, 2.45) is 0 Å². The van der Waals surface area contributed by atoms with E-state index in [1.165, 1.54) is 0 Å². The van der Waals surface area contributed by atoms with Gasteiger partial charge in [0.25, 0.3) is 0 Å². The van der Waals surface area contributed by atoms with E-state index in [9.17, 15) is 0 Å². The topological polar surface area (TPSA) is 30.2 Å². The van der Waals surface area contributed by atoms with Gasteiger partial charge in [0, 0.05) is 0 Å². The van der Waals surface area contributed by atoms with E-state index in [0.717, 1.165) is 33.1 Å². The van der Waals surface area contributed by atoms with E-state index in [0.29, 0.717) is 6.16 Å². The molecule has 31 heavy (non-hydrogen) atoms. The van der Waals surface area contributed by atoms with Crippen molar-refractivity contribution in [3.8, 4) is 0 Å². The fraction of sp³-hybridized carbons (Fsp3) is 0.0769. The zero-order valence-corrected chi connectivity index (χ0v) is 18.9. The minimum atomic E-state index is -3.43. The van der Waals surface area contributed by atoms with E-state index in [-0.39, 0.29) is 0 Å². The monoisotopic (exact) mass is 443 g/mol. The van der Waals surface area contributed by atoms with Gasteiger partial charge in [0.15, 0.2) is 0 Å². The van der Waals surface area contributed by atoms with Crippen molar-refractivity contribution in [3.63, 3.8) is 0 Å². The van der Waals surface area contributed by atoms with Crippen LogP contribution in [0.25, 0.3) is 5.65 Å². The number of hydrogen-bond acceptors (Lipinski definition) is 2. The number of rotatable bonds is 5. The molecule has 0 aliphatic heterocycles. The minimum absolute atomic E-state index is 0.534. The van der Waals surface area contributed by atoms with Crippen LogP contribution in [0.4, 0.5) is 0 Å². The maximum atomic E-state index is 8.12. The molecule has 0 radical (unpaired) electrons. The molecule has 154 valence electrons. The number of pyridine rings is 1. The van der Waals surface area contributed by atoms with Gasteiger partial charge in [-0.3, -0.25) is 0 Å². The molecule has 0 unspecified atom stereocenters. The van der Waals surface area contributed by atoms with Crippen LogP contribution in [0.5, 0.6) is 0 Å². The van der Waals surface area contributed by atoms with Crippen LogP contribution in [-0.4, -0.2) is 14.6 Å². The zero-order valence-electron chi connectivity index (χ0n) is 17.3. The Bertz CT molecular complexity index is 1240. The third kappa shape index (κ3) is 3.17. The Morgan fingerprint density at radius 2 is 1.16 bits per heavy atom. The van der Waals surface area contributed by atoms with Crippen molar-refractivity contribution in [2.45, 2.75) is 13.1 Å². The van der Waals surface area contributed by atoms with E-state index in [2.05, 4.69) is 72.8 Å². The van der Waals surface area contributed by atoms with Gasteiger partial charge in [-0.05, 0) is 0 Å². The van der Waals surface area contributed by atoms with Gasteiger partial charge in [-0.2, -0.15) is 0 Å². The molecule has 0 atom stereocenters. The summed E-state index contributed by atoms with van der Waals surface area (Å²) in [5.74, 6) is -2.68.